The number of aliphatic hydroxyl groups excluding tert-OH is 1. The van der Waals surface area contributed by atoms with E-state index in [0.29, 0.717) is 0 Å². The molecule has 4 N–H and O–H groups in total. The fourth-order valence-corrected chi connectivity index (χ4v) is 3.95. The second-order valence-electron chi connectivity index (χ2n) is 4.71. The van der Waals surface area contributed by atoms with Crippen molar-refractivity contribution in [3.8, 4) is 0 Å². The van der Waals surface area contributed by atoms with Gasteiger partial charge in [0.05, 0.1) is 24.3 Å². The van der Waals surface area contributed by atoms with Gasteiger partial charge in [0.1, 0.15) is 4.90 Å². The monoisotopic (exact) mass is 336 g/mol. The SMILES string of the molecule is CC1COC(CO)CN1S(=O)(=O)c1cnc(NN)c(Cl)c1. The number of hydrogen-bond donors (Lipinski definition) is 3. The molecule has 1 aromatic heterocycles. The van der Waals surface area contributed by atoms with Gasteiger partial charge >= 0.3 is 0 Å². The van der Waals surface area contributed by atoms with Gasteiger partial charge in [-0.15, -0.1) is 0 Å². The summed E-state index contributed by atoms with van der Waals surface area (Å²) in [6.07, 6.45) is 0.649. The average Bonchev–Trinajstić information content (AvgIpc) is 2.47. The standard InChI is InChI=1S/C11H17ClN4O4S/c1-7-6-20-8(5-17)4-16(7)21(18,19)9-2-10(12)11(15-13)14-3-9/h2-3,7-8,17H,4-6,13H2,1H3,(H,14,15). The van der Waals surface area contributed by atoms with Crippen molar-refractivity contribution in [3.63, 3.8) is 0 Å². The van der Waals surface area contributed by atoms with Crippen LogP contribution in [0.4, 0.5) is 5.82 Å². The summed E-state index contributed by atoms with van der Waals surface area (Å²) in [7, 11) is -3.78. The summed E-state index contributed by atoms with van der Waals surface area (Å²) in [5.74, 6) is 5.40. The first-order chi connectivity index (χ1) is 9.90. The molecular formula is C11H17ClN4O4S. The molecule has 2 heterocycles. The molecule has 2 atom stereocenters. The number of nitrogen functional groups attached to an aromatic ring is 1. The Hall–Kier alpha value is -0.970. The highest BCUT2D eigenvalue weighted by molar-refractivity contribution is 7.89. The summed E-state index contributed by atoms with van der Waals surface area (Å²) in [6, 6.07) is 0.943. The molecule has 0 radical (unpaired) electrons. The Kier molecular flexibility index (Phi) is 5.02. The third-order valence-corrected chi connectivity index (χ3v) is 5.44. The quantitative estimate of drug-likeness (QED) is 0.514. The fourth-order valence-electron chi connectivity index (χ4n) is 2.04. The lowest BCUT2D eigenvalue weighted by Gasteiger charge is -2.36. The number of hydrogen-bond acceptors (Lipinski definition) is 7. The summed E-state index contributed by atoms with van der Waals surface area (Å²) < 4.78 is 31.9. The van der Waals surface area contributed by atoms with Gasteiger partial charge in [-0.2, -0.15) is 4.31 Å². The summed E-state index contributed by atoms with van der Waals surface area (Å²) in [6.45, 7) is 1.78. The van der Waals surface area contributed by atoms with E-state index in [-0.39, 0.29) is 41.5 Å². The van der Waals surface area contributed by atoms with Gasteiger partial charge in [0.15, 0.2) is 5.82 Å². The maximum Gasteiger partial charge on any atom is 0.245 e. The van der Waals surface area contributed by atoms with Crippen LogP contribution in [-0.4, -0.2) is 54.7 Å². The molecule has 1 aromatic rings. The molecule has 2 rings (SSSR count). The lowest BCUT2D eigenvalue weighted by Crippen LogP contribution is -2.51. The summed E-state index contributed by atoms with van der Waals surface area (Å²) >= 11 is 5.91. The van der Waals surface area contributed by atoms with Crippen LogP contribution in [0.25, 0.3) is 0 Å². The number of nitrogens with one attached hydrogen (secondary N) is 1. The predicted molar refractivity (Wildman–Crippen MR) is 77.2 cm³/mol. The maximum absolute atomic E-state index is 12.6. The molecule has 1 saturated heterocycles. The number of nitrogens with two attached hydrogens (primary N) is 1. The lowest BCUT2D eigenvalue weighted by atomic mass is 10.2. The van der Waals surface area contributed by atoms with Gasteiger partial charge in [-0.25, -0.2) is 19.2 Å². The molecule has 1 aliphatic heterocycles. The van der Waals surface area contributed by atoms with Crippen LogP contribution >= 0.6 is 11.6 Å². The van der Waals surface area contributed by atoms with Crippen LogP contribution in [0.5, 0.6) is 0 Å². The summed E-state index contributed by atoms with van der Waals surface area (Å²) in [5.41, 5.74) is 2.27. The first kappa shape index (κ1) is 16.4. The number of anilines is 1. The third kappa shape index (κ3) is 3.28. The molecule has 0 amide bonds. The van der Waals surface area contributed by atoms with Crippen LogP contribution in [0.2, 0.25) is 5.02 Å². The van der Waals surface area contributed by atoms with Crippen molar-refractivity contribution in [1.82, 2.24) is 9.29 Å². The topological polar surface area (TPSA) is 118 Å². The zero-order valence-electron chi connectivity index (χ0n) is 11.4. The van der Waals surface area contributed by atoms with Crippen molar-refractivity contribution in [2.24, 2.45) is 5.84 Å². The Balaban J connectivity index is 2.34. The summed E-state index contributed by atoms with van der Waals surface area (Å²) in [5, 5.41) is 9.25. The maximum atomic E-state index is 12.6. The van der Waals surface area contributed by atoms with Gasteiger partial charge in [0.25, 0.3) is 0 Å². The van der Waals surface area contributed by atoms with Gasteiger partial charge in [-0.1, -0.05) is 11.6 Å². The van der Waals surface area contributed by atoms with Crippen molar-refractivity contribution >= 4 is 27.4 Å². The Bertz CT molecular complexity index is 612. The molecule has 0 aliphatic carbocycles. The highest BCUT2D eigenvalue weighted by Crippen LogP contribution is 2.26. The van der Waals surface area contributed by atoms with Crippen molar-refractivity contribution in [3.05, 3.63) is 17.3 Å². The molecule has 0 spiro atoms. The third-order valence-electron chi connectivity index (χ3n) is 3.21. The van der Waals surface area contributed by atoms with Crippen LogP contribution in [0, 0.1) is 0 Å². The molecule has 0 aromatic carbocycles. The van der Waals surface area contributed by atoms with E-state index in [0.717, 1.165) is 0 Å². The van der Waals surface area contributed by atoms with E-state index >= 15 is 0 Å². The number of aliphatic hydroxyl groups is 1. The first-order valence-corrected chi connectivity index (χ1v) is 8.08. The van der Waals surface area contributed by atoms with Gasteiger partial charge in [0.2, 0.25) is 10.0 Å². The lowest BCUT2D eigenvalue weighted by molar-refractivity contribution is -0.0516. The minimum absolute atomic E-state index is 0.0306. The molecule has 0 saturated carbocycles. The van der Waals surface area contributed by atoms with Crippen LogP contribution < -0.4 is 11.3 Å². The number of nitrogens with zero attached hydrogens (tertiary/aromatic N) is 2. The van der Waals surface area contributed by atoms with Crippen LogP contribution in [0.3, 0.4) is 0 Å². The van der Waals surface area contributed by atoms with E-state index in [2.05, 4.69) is 10.4 Å². The molecule has 1 aliphatic rings. The van der Waals surface area contributed by atoms with Crippen LogP contribution in [-0.2, 0) is 14.8 Å². The van der Waals surface area contributed by atoms with Crippen LogP contribution in [0.15, 0.2) is 17.2 Å². The summed E-state index contributed by atoms with van der Waals surface area (Å²) in [4.78, 5) is 3.84. The zero-order chi connectivity index (χ0) is 15.6. The van der Waals surface area contributed by atoms with Crippen molar-refractivity contribution < 1.29 is 18.3 Å². The smallest absolute Gasteiger partial charge is 0.245 e. The van der Waals surface area contributed by atoms with Gasteiger partial charge in [-0.05, 0) is 13.0 Å². The molecule has 10 heteroatoms. The largest absolute Gasteiger partial charge is 0.394 e. The van der Waals surface area contributed by atoms with Crippen molar-refractivity contribution in [1.29, 1.82) is 0 Å². The van der Waals surface area contributed by atoms with E-state index in [4.69, 9.17) is 27.3 Å². The molecule has 0 bridgehead atoms. The number of ether oxygens (including phenoxy) is 1. The van der Waals surface area contributed by atoms with E-state index in [1.807, 2.05) is 0 Å². The van der Waals surface area contributed by atoms with E-state index in [9.17, 15) is 8.42 Å². The minimum atomic E-state index is -3.78. The number of rotatable bonds is 4. The molecule has 2 unspecified atom stereocenters. The second kappa shape index (κ2) is 6.42. The van der Waals surface area contributed by atoms with Crippen molar-refractivity contribution in [2.45, 2.75) is 24.0 Å². The molecule has 8 nitrogen and oxygen atoms in total. The zero-order valence-corrected chi connectivity index (χ0v) is 12.9. The Morgan fingerprint density at radius 1 is 1.67 bits per heavy atom. The van der Waals surface area contributed by atoms with E-state index < -0.39 is 16.1 Å². The van der Waals surface area contributed by atoms with Gasteiger partial charge in [-0.3, -0.25) is 0 Å². The highest BCUT2D eigenvalue weighted by atomic mass is 35.5. The van der Waals surface area contributed by atoms with E-state index in [1.165, 1.54) is 16.6 Å². The Morgan fingerprint density at radius 3 is 2.95 bits per heavy atom. The normalized spacial score (nSPS) is 24.0. The van der Waals surface area contributed by atoms with Crippen molar-refractivity contribution in [2.75, 3.05) is 25.2 Å². The molecule has 1 fully saturated rings. The number of morpholine rings is 1. The average molecular weight is 337 g/mol. The molecule has 21 heavy (non-hydrogen) atoms. The number of hydrazine groups is 1. The first-order valence-electron chi connectivity index (χ1n) is 6.26. The van der Waals surface area contributed by atoms with E-state index in [1.54, 1.807) is 6.92 Å². The van der Waals surface area contributed by atoms with Crippen LogP contribution in [0.1, 0.15) is 6.92 Å². The number of pyridine rings is 1. The Morgan fingerprint density at radius 2 is 2.38 bits per heavy atom. The number of aromatic nitrogens is 1. The van der Waals surface area contributed by atoms with Gasteiger partial charge in [0, 0.05) is 18.8 Å². The number of sulfonamides is 1. The Labute approximate surface area is 127 Å². The fraction of sp³-hybridized carbons (Fsp3) is 0.545. The second-order valence-corrected chi connectivity index (χ2v) is 7.01. The predicted octanol–water partition coefficient (Wildman–Crippen LogP) is -0.209. The highest BCUT2D eigenvalue weighted by Gasteiger charge is 2.35. The molecule has 118 valence electrons. The minimum Gasteiger partial charge on any atom is -0.394 e. The number of halogens is 1. The molecular weight excluding hydrogens is 320 g/mol. The van der Waals surface area contributed by atoms with Gasteiger partial charge < -0.3 is 15.3 Å².